The Morgan fingerprint density at radius 2 is 1.63 bits per heavy atom. The molecule has 0 unspecified atom stereocenters. The van der Waals surface area contributed by atoms with Crippen LogP contribution in [0.25, 0.3) is 0 Å². The van der Waals surface area contributed by atoms with E-state index in [-0.39, 0.29) is 33.9 Å². The Morgan fingerprint density at radius 1 is 1.03 bits per heavy atom. The van der Waals surface area contributed by atoms with E-state index in [0.29, 0.717) is 6.42 Å². The van der Waals surface area contributed by atoms with Crippen molar-refractivity contribution >= 4 is 40.6 Å². The number of nitrogens with zero attached hydrogens (tertiary/aromatic N) is 2. The number of hydrogen-bond donors (Lipinski definition) is 1. The summed E-state index contributed by atoms with van der Waals surface area (Å²) in [5.74, 6) is -1.87. The first-order chi connectivity index (χ1) is 14.5. The Morgan fingerprint density at radius 3 is 2.20 bits per heavy atom. The molecule has 0 aliphatic carbocycles. The second-order valence-electron chi connectivity index (χ2n) is 6.99. The average Bonchev–Trinajstić information content (AvgIpc) is 3.23. The van der Waals surface area contributed by atoms with Gasteiger partial charge in [0.15, 0.2) is 5.17 Å². The number of thioether (sulfide) groups is 1. The van der Waals surface area contributed by atoms with Gasteiger partial charge < -0.3 is 5.32 Å². The lowest BCUT2D eigenvalue weighted by Gasteiger charge is -2.23. The quantitative estimate of drug-likeness (QED) is 0.748. The van der Waals surface area contributed by atoms with Gasteiger partial charge in [-0.15, -0.1) is 0 Å². The topological polar surface area (TPSA) is 95.9 Å². The molecule has 1 N–H and O–H groups in total. The number of benzene rings is 2. The van der Waals surface area contributed by atoms with E-state index in [0.717, 1.165) is 10.5 Å². The number of fused-ring (bicyclic) bond motifs is 1. The number of carbonyl (C=O) groups excluding carboxylic acids is 4. The Bertz CT molecular complexity index is 1030. The third kappa shape index (κ3) is 3.66. The molecule has 1 saturated heterocycles. The first kappa shape index (κ1) is 20.0. The van der Waals surface area contributed by atoms with Crippen molar-refractivity contribution in [1.82, 2.24) is 10.2 Å². The van der Waals surface area contributed by atoms with E-state index in [2.05, 4.69) is 10.3 Å². The van der Waals surface area contributed by atoms with Crippen molar-refractivity contribution < 1.29 is 19.2 Å². The molecule has 0 saturated carbocycles. The van der Waals surface area contributed by atoms with Gasteiger partial charge in [-0.25, -0.2) is 0 Å². The fourth-order valence-corrected chi connectivity index (χ4v) is 4.42. The lowest BCUT2D eigenvalue weighted by atomic mass is 10.0. The summed E-state index contributed by atoms with van der Waals surface area (Å²) in [7, 11) is 0. The first-order valence-corrected chi connectivity index (χ1v) is 10.5. The van der Waals surface area contributed by atoms with Crippen molar-refractivity contribution in [3.05, 3.63) is 71.3 Å². The predicted octanol–water partition coefficient (Wildman–Crippen LogP) is 2.42. The molecule has 0 aromatic heterocycles. The summed E-state index contributed by atoms with van der Waals surface area (Å²) in [6, 6.07) is 14.5. The molecule has 152 valence electrons. The maximum Gasteiger partial charge on any atom is 0.271 e. The normalized spacial score (nSPS) is 20.4. The van der Waals surface area contributed by atoms with Crippen molar-refractivity contribution in [2.45, 2.75) is 31.1 Å². The van der Waals surface area contributed by atoms with Crippen LogP contribution in [0.15, 0.2) is 59.6 Å². The first-order valence-electron chi connectivity index (χ1n) is 9.60. The number of nitrogens with one attached hydrogen (secondary N) is 1. The van der Waals surface area contributed by atoms with Gasteiger partial charge in [0.1, 0.15) is 6.04 Å². The van der Waals surface area contributed by atoms with Crippen LogP contribution in [0.4, 0.5) is 0 Å². The van der Waals surface area contributed by atoms with E-state index in [1.165, 1.54) is 11.8 Å². The molecular weight excluding hydrogens is 402 g/mol. The highest BCUT2D eigenvalue weighted by atomic mass is 32.2. The highest BCUT2D eigenvalue weighted by Gasteiger charge is 2.43. The monoisotopic (exact) mass is 421 g/mol. The largest absolute Gasteiger partial charge is 0.304 e. The Balaban J connectivity index is 1.67. The van der Waals surface area contributed by atoms with Gasteiger partial charge in [-0.05, 0) is 24.1 Å². The van der Waals surface area contributed by atoms with Gasteiger partial charge in [-0.2, -0.15) is 4.99 Å². The molecule has 0 bridgehead atoms. The standard InChI is InChI=1S/C22H19N3O4S/c1-2-17-19(27)24-22(30-17)23-18(26)16(12-13-8-4-3-5-9-13)25-20(28)14-10-6-7-11-15(14)21(25)29/h3-11,16-17H,2,12H2,1H3,(H,23,24,26,27)/t16-,17-/m0/s1. The maximum absolute atomic E-state index is 13.1. The molecule has 2 atom stereocenters. The lowest BCUT2D eigenvalue weighted by Crippen LogP contribution is -2.46. The molecule has 30 heavy (non-hydrogen) atoms. The van der Waals surface area contributed by atoms with E-state index in [9.17, 15) is 19.2 Å². The van der Waals surface area contributed by atoms with E-state index < -0.39 is 23.8 Å². The second kappa shape index (κ2) is 8.23. The van der Waals surface area contributed by atoms with Crippen LogP contribution in [-0.4, -0.2) is 45.0 Å². The molecule has 0 radical (unpaired) electrons. The summed E-state index contributed by atoms with van der Waals surface area (Å²) in [5, 5.41) is 2.50. The number of amidine groups is 1. The van der Waals surface area contributed by atoms with E-state index in [1.807, 2.05) is 37.3 Å². The summed E-state index contributed by atoms with van der Waals surface area (Å²) in [4.78, 5) is 56.0. The summed E-state index contributed by atoms with van der Waals surface area (Å²) in [6.45, 7) is 1.87. The van der Waals surface area contributed by atoms with Crippen LogP contribution in [0.2, 0.25) is 0 Å². The summed E-state index contributed by atoms with van der Waals surface area (Å²) in [6.07, 6.45) is 0.743. The minimum absolute atomic E-state index is 0.137. The maximum atomic E-state index is 13.1. The predicted molar refractivity (Wildman–Crippen MR) is 113 cm³/mol. The lowest BCUT2D eigenvalue weighted by molar-refractivity contribution is -0.121. The zero-order chi connectivity index (χ0) is 21.3. The van der Waals surface area contributed by atoms with Gasteiger partial charge in [-0.1, -0.05) is 61.2 Å². The van der Waals surface area contributed by atoms with Gasteiger partial charge in [0, 0.05) is 6.42 Å². The molecule has 7 nitrogen and oxygen atoms in total. The van der Waals surface area contributed by atoms with Crippen molar-refractivity contribution in [2.24, 2.45) is 4.99 Å². The van der Waals surface area contributed by atoms with Crippen molar-refractivity contribution in [3.63, 3.8) is 0 Å². The number of hydrogen-bond acceptors (Lipinski definition) is 5. The number of aliphatic imine (C=N–C) groups is 1. The van der Waals surface area contributed by atoms with Gasteiger partial charge in [0.25, 0.3) is 17.7 Å². The molecule has 2 aliphatic heterocycles. The molecule has 1 fully saturated rings. The molecule has 4 amide bonds. The molecule has 8 heteroatoms. The Kier molecular flexibility index (Phi) is 5.50. The third-order valence-corrected chi connectivity index (χ3v) is 6.30. The Hall–Kier alpha value is -3.26. The second-order valence-corrected chi connectivity index (χ2v) is 8.18. The van der Waals surface area contributed by atoms with Gasteiger partial charge in [0.2, 0.25) is 5.91 Å². The molecule has 2 aromatic carbocycles. The zero-order valence-electron chi connectivity index (χ0n) is 16.2. The van der Waals surface area contributed by atoms with Crippen LogP contribution < -0.4 is 5.32 Å². The van der Waals surface area contributed by atoms with Crippen LogP contribution in [0, 0.1) is 0 Å². The van der Waals surface area contributed by atoms with Crippen LogP contribution in [0.1, 0.15) is 39.6 Å². The van der Waals surface area contributed by atoms with E-state index >= 15 is 0 Å². The molecule has 4 rings (SSSR count). The van der Waals surface area contributed by atoms with Crippen LogP contribution in [-0.2, 0) is 16.0 Å². The average molecular weight is 421 g/mol. The summed E-state index contributed by atoms with van der Waals surface area (Å²) >= 11 is 1.18. The van der Waals surface area contributed by atoms with Crippen molar-refractivity contribution in [3.8, 4) is 0 Å². The number of imide groups is 1. The smallest absolute Gasteiger partial charge is 0.271 e. The molecule has 0 spiro atoms. The number of carbonyl (C=O) groups is 4. The minimum Gasteiger partial charge on any atom is -0.304 e. The van der Waals surface area contributed by atoms with Crippen LogP contribution in [0.3, 0.4) is 0 Å². The fraction of sp³-hybridized carbons (Fsp3) is 0.227. The molecule has 2 aliphatic rings. The number of amides is 4. The van der Waals surface area contributed by atoms with Gasteiger partial charge >= 0.3 is 0 Å². The zero-order valence-corrected chi connectivity index (χ0v) is 17.0. The number of rotatable bonds is 5. The Labute approximate surface area is 177 Å². The molecule has 2 heterocycles. The highest BCUT2D eigenvalue weighted by Crippen LogP contribution is 2.27. The van der Waals surface area contributed by atoms with Gasteiger partial charge in [0.05, 0.1) is 16.4 Å². The van der Waals surface area contributed by atoms with Crippen LogP contribution >= 0.6 is 11.8 Å². The summed E-state index contributed by atoms with van der Waals surface area (Å²) < 4.78 is 0. The SMILES string of the molecule is CC[C@@H]1SC(=NC(=O)[C@H](Cc2ccccc2)N2C(=O)c3ccccc3C2=O)NC1=O. The summed E-state index contributed by atoms with van der Waals surface area (Å²) in [5.41, 5.74) is 1.34. The van der Waals surface area contributed by atoms with Gasteiger partial charge in [-0.3, -0.25) is 24.1 Å². The van der Waals surface area contributed by atoms with Crippen molar-refractivity contribution in [2.75, 3.05) is 0 Å². The van der Waals surface area contributed by atoms with Crippen molar-refractivity contribution in [1.29, 1.82) is 0 Å². The molecule has 2 aromatic rings. The van der Waals surface area contributed by atoms with E-state index in [1.54, 1.807) is 24.3 Å². The highest BCUT2D eigenvalue weighted by molar-refractivity contribution is 8.15. The third-order valence-electron chi connectivity index (χ3n) is 5.05. The van der Waals surface area contributed by atoms with E-state index in [4.69, 9.17) is 0 Å². The fourth-order valence-electron chi connectivity index (χ4n) is 3.52. The minimum atomic E-state index is -1.11. The molecular formula is C22H19N3O4S. The van der Waals surface area contributed by atoms with Crippen LogP contribution in [0.5, 0.6) is 0 Å².